The zero-order valence-corrected chi connectivity index (χ0v) is 12.4. The Morgan fingerprint density at radius 2 is 2.00 bits per heavy atom. The van der Waals surface area contributed by atoms with Gasteiger partial charge in [0.25, 0.3) is 0 Å². The highest BCUT2D eigenvalue weighted by molar-refractivity contribution is 6.32. The second kappa shape index (κ2) is 6.66. The third kappa shape index (κ3) is 3.25. The SMILES string of the molecule is COc1cc(OC)c(NC(=O)[C@H]2CC=CCC2)cc1Cl. The average Bonchev–Trinajstić information content (AvgIpc) is 2.48. The molecule has 1 amide bonds. The van der Waals surface area contributed by atoms with Gasteiger partial charge in [-0.3, -0.25) is 4.79 Å². The molecule has 4 nitrogen and oxygen atoms in total. The first-order valence-electron chi connectivity index (χ1n) is 6.53. The van der Waals surface area contributed by atoms with E-state index in [4.69, 9.17) is 21.1 Å². The molecule has 1 N–H and O–H groups in total. The molecular weight excluding hydrogens is 278 g/mol. The molecule has 108 valence electrons. The number of amides is 1. The van der Waals surface area contributed by atoms with Gasteiger partial charge in [-0.2, -0.15) is 0 Å². The van der Waals surface area contributed by atoms with Crippen LogP contribution in [0.4, 0.5) is 5.69 Å². The summed E-state index contributed by atoms with van der Waals surface area (Å²) in [5.41, 5.74) is 0.567. The van der Waals surface area contributed by atoms with Crippen molar-refractivity contribution in [2.24, 2.45) is 5.92 Å². The molecule has 0 radical (unpaired) electrons. The molecule has 1 aliphatic carbocycles. The molecule has 0 bridgehead atoms. The standard InChI is InChI=1S/C15H18ClNO3/c1-19-13-9-14(20-2)12(8-11(13)16)17-15(18)10-6-4-3-5-7-10/h3-4,8-10H,5-7H2,1-2H3,(H,17,18)/t10-/m0/s1. The maximum Gasteiger partial charge on any atom is 0.227 e. The van der Waals surface area contributed by atoms with Gasteiger partial charge < -0.3 is 14.8 Å². The van der Waals surface area contributed by atoms with E-state index in [1.165, 1.54) is 7.11 Å². The van der Waals surface area contributed by atoms with E-state index in [1.54, 1.807) is 19.2 Å². The number of halogens is 1. The predicted octanol–water partition coefficient (Wildman–Crippen LogP) is 3.65. The fraction of sp³-hybridized carbons (Fsp3) is 0.400. The summed E-state index contributed by atoms with van der Waals surface area (Å²) in [4.78, 5) is 12.2. The van der Waals surface area contributed by atoms with Crippen molar-refractivity contribution < 1.29 is 14.3 Å². The first-order valence-corrected chi connectivity index (χ1v) is 6.91. The van der Waals surface area contributed by atoms with Crippen molar-refractivity contribution in [3.05, 3.63) is 29.3 Å². The highest BCUT2D eigenvalue weighted by Gasteiger charge is 2.20. The quantitative estimate of drug-likeness (QED) is 0.863. The molecular formula is C15H18ClNO3. The maximum absolute atomic E-state index is 12.2. The fourth-order valence-corrected chi connectivity index (χ4v) is 2.47. The molecule has 1 atom stereocenters. The summed E-state index contributed by atoms with van der Waals surface area (Å²) < 4.78 is 10.4. The molecule has 0 aromatic heterocycles. The lowest BCUT2D eigenvalue weighted by atomic mass is 9.93. The molecule has 20 heavy (non-hydrogen) atoms. The highest BCUT2D eigenvalue weighted by atomic mass is 35.5. The van der Waals surface area contributed by atoms with Gasteiger partial charge in [0.1, 0.15) is 11.5 Å². The van der Waals surface area contributed by atoms with E-state index >= 15 is 0 Å². The Morgan fingerprint density at radius 1 is 1.25 bits per heavy atom. The molecule has 0 unspecified atom stereocenters. The van der Waals surface area contributed by atoms with Crippen LogP contribution in [0, 0.1) is 5.92 Å². The Labute approximate surface area is 123 Å². The van der Waals surface area contributed by atoms with E-state index < -0.39 is 0 Å². The van der Waals surface area contributed by atoms with Gasteiger partial charge in [0.2, 0.25) is 5.91 Å². The van der Waals surface area contributed by atoms with Gasteiger partial charge >= 0.3 is 0 Å². The van der Waals surface area contributed by atoms with Crippen LogP contribution in [-0.2, 0) is 4.79 Å². The topological polar surface area (TPSA) is 47.6 Å². The minimum atomic E-state index is -0.00566. The number of hydrogen-bond donors (Lipinski definition) is 1. The molecule has 0 spiro atoms. The number of hydrogen-bond acceptors (Lipinski definition) is 3. The van der Waals surface area contributed by atoms with Gasteiger partial charge in [-0.25, -0.2) is 0 Å². The van der Waals surface area contributed by atoms with Crippen LogP contribution in [0.25, 0.3) is 0 Å². The number of ether oxygens (including phenoxy) is 2. The van der Waals surface area contributed by atoms with Crippen molar-refractivity contribution in [1.82, 2.24) is 0 Å². The van der Waals surface area contributed by atoms with E-state index in [1.807, 2.05) is 6.08 Å². The minimum Gasteiger partial charge on any atom is -0.495 e. The number of benzene rings is 1. The van der Waals surface area contributed by atoms with E-state index in [0.717, 1.165) is 19.3 Å². The summed E-state index contributed by atoms with van der Waals surface area (Å²) >= 11 is 6.08. The molecule has 1 aromatic rings. The summed E-state index contributed by atoms with van der Waals surface area (Å²) in [5.74, 6) is 1.05. The van der Waals surface area contributed by atoms with Crippen molar-refractivity contribution in [1.29, 1.82) is 0 Å². The monoisotopic (exact) mass is 295 g/mol. The van der Waals surface area contributed by atoms with Gasteiger partial charge in [-0.05, 0) is 25.3 Å². The van der Waals surface area contributed by atoms with E-state index in [2.05, 4.69) is 11.4 Å². The molecule has 0 heterocycles. The Bertz CT molecular complexity index is 528. The predicted molar refractivity (Wildman–Crippen MR) is 79.7 cm³/mol. The lowest BCUT2D eigenvalue weighted by molar-refractivity contribution is -0.120. The van der Waals surface area contributed by atoms with Crippen LogP contribution in [-0.4, -0.2) is 20.1 Å². The first-order chi connectivity index (χ1) is 9.65. The van der Waals surface area contributed by atoms with Crippen LogP contribution in [0.15, 0.2) is 24.3 Å². The molecule has 0 saturated heterocycles. The number of rotatable bonds is 4. The summed E-state index contributed by atoms with van der Waals surface area (Å²) in [5, 5.41) is 3.32. The van der Waals surface area contributed by atoms with Crippen molar-refractivity contribution in [3.8, 4) is 11.5 Å². The Kier molecular flexibility index (Phi) is 4.90. The summed E-state index contributed by atoms with van der Waals surface area (Å²) in [6.45, 7) is 0. The van der Waals surface area contributed by atoms with E-state index in [0.29, 0.717) is 22.2 Å². The molecule has 2 rings (SSSR count). The summed E-state index contributed by atoms with van der Waals surface area (Å²) in [6.07, 6.45) is 6.74. The number of anilines is 1. The molecule has 1 aromatic carbocycles. The van der Waals surface area contributed by atoms with Gasteiger partial charge in [0.05, 0.1) is 24.9 Å². The number of carbonyl (C=O) groups is 1. The van der Waals surface area contributed by atoms with Crippen LogP contribution in [0.5, 0.6) is 11.5 Å². The van der Waals surface area contributed by atoms with Crippen molar-refractivity contribution >= 4 is 23.2 Å². The van der Waals surface area contributed by atoms with Crippen LogP contribution >= 0.6 is 11.6 Å². The summed E-state index contributed by atoms with van der Waals surface area (Å²) in [6, 6.07) is 3.31. The van der Waals surface area contributed by atoms with Crippen LogP contribution in [0.1, 0.15) is 19.3 Å². The highest BCUT2D eigenvalue weighted by Crippen LogP contribution is 2.36. The lowest BCUT2D eigenvalue weighted by Crippen LogP contribution is -2.23. The zero-order valence-electron chi connectivity index (χ0n) is 11.6. The van der Waals surface area contributed by atoms with Gasteiger partial charge in [-0.15, -0.1) is 0 Å². The van der Waals surface area contributed by atoms with Crippen molar-refractivity contribution in [3.63, 3.8) is 0 Å². The molecule has 1 aliphatic rings. The third-order valence-electron chi connectivity index (χ3n) is 3.37. The van der Waals surface area contributed by atoms with Crippen molar-refractivity contribution in [2.45, 2.75) is 19.3 Å². The molecule has 0 fully saturated rings. The number of carbonyl (C=O) groups excluding carboxylic acids is 1. The van der Waals surface area contributed by atoms with E-state index in [-0.39, 0.29) is 11.8 Å². The second-order valence-electron chi connectivity index (χ2n) is 4.66. The van der Waals surface area contributed by atoms with Crippen LogP contribution in [0.2, 0.25) is 5.02 Å². The number of nitrogens with one attached hydrogen (secondary N) is 1. The van der Waals surface area contributed by atoms with Crippen LogP contribution in [0.3, 0.4) is 0 Å². The smallest absolute Gasteiger partial charge is 0.227 e. The molecule has 0 saturated carbocycles. The van der Waals surface area contributed by atoms with E-state index in [9.17, 15) is 4.79 Å². The molecule has 5 heteroatoms. The minimum absolute atomic E-state index is 0.00517. The fourth-order valence-electron chi connectivity index (χ4n) is 2.22. The normalized spacial score (nSPS) is 17.6. The molecule has 0 aliphatic heterocycles. The summed E-state index contributed by atoms with van der Waals surface area (Å²) in [7, 11) is 3.08. The number of allylic oxidation sites excluding steroid dienone is 2. The average molecular weight is 296 g/mol. The van der Waals surface area contributed by atoms with Crippen molar-refractivity contribution in [2.75, 3.05) is 19.5 Å². The third-order valence-corrected chi connectivity index (χ3v) is 3.67. The van der Waals surface area contributed by atoms with Crippen LogP contribution < -0.4 is 14.8 Å². The second-order valence-corrected chi connectivity index (χ2v) is 5.06. The van der Waals surface area contributed by atoms with Gasteiger partial charge in [-0.1, -0.05) is 23.8 Å². The lowest BCUT2D eigenvalue weighted by Gasteiger charge is -2.19. The zero-order chi connectivity index (χ0) is 14.5. The Balaban J connectivity index is 2.17. The first kappa shape index (κ1) is 14.7. The van der Waals surface area contributed by atoms with Gasteiger partial charge in [0.15, 0.2) is 0 Å². The Hall–Kier alpha value is -1.68. The van der Waals surface area contributed by atoms with Gasteiger partial charge in [0, 0.05) is 12.0 Å². The Morgan fingerprint density at radius 3 is 2.60 bits per heavy atom. The largest absolute Gasteiger partial charge is 0.495 e. The maximum atomic E-state index is 12.2. The number of methoxy groups -OCH3 is 2.